The molecule has 6 heteroatoms. The van der Waals surface area contributed by atoms with E-state index >= 15 is 0 Å². The van der Waals surface area contributed by atoms with Crippen molar-refractivity contribution < 1.29 is 18.7 Å². The van der Waals surface area contributed by atoms with Gasteiger partial charge in [-0.1, -0.05) is 18.2 Å². The summed E-state index contributed by atoms with van der Waals surface area (Å²) in [7, 11) is 0. The van der Waals surface area contributed by atoms with Crippen molar-refractivity contribution in [3.8, 4) is 5.75 Å². The number of nitrogens with one attached hydrogen (secondary N) is 2. The molecule has 0 aromatic heterocycles. The highest BCUT2D eigenvalue weighted by atomic mass is 19.1. The molecule has 0 heterocycles. The zero-order chi connectivity index (χ0) is 16.7. The first-order valence-corrected chi connectivity index (χ1v) is 7.15. The van der Waals surface area contributed by atoms with Gasteiger partial charge in [-0.3, -0.25) is 9.59 Å². The first-order chi connectivity index (χ1) is 11.1. The lowest BCUT2D eigenvalue weighted by Crippen LogP contribution is -2.33. The van der Waals surface area contributed by atoms with Crippen LogP contribution in [-0.2, 0) is 4.79 Å². The van der Waals surface area contributed by atoms with Crippen molar-refractivity contribution in [2.75, 3.05) is 18.5 Å². The summed E-state index contributed by atoms with van der Waals surface area (Å²) in [6.45, 7) is 2.09. The molecule has 0 spiro atoms. The Labute approximate surface area is 133 Å². The number of carbonyl (C=O) groups excluding carboxylic acids is 2. The Morgan fingerprint density at radius 1 is 1.13 bits per heavy atom. The number of carbonyl (C=O) groups is 2. The van der Waals surface area contributed by atoms with E-state index in [1.807, 2.05) is 6.92 Å². The third kappa shape index (κ3) is 4.81. The summed E-state index contributed by atoms with van der Waals surface area (Å²) in [6.07, 6.45) is 0. The van der Waals surface area contributed by atoms with Gasteiger partial charge in [-0.2, -0.15) is 0 Å². The number of rotatable bonds is 6. The molecule has 2 rings (SSSR count). The number of ether oxygens (including phenoxy) is 1. The van der Waals surface area contributed by atoms with Crippen molar-refractivity contribution >= 4 is 17.5 Å². The van der Waals surface area contributed by atoms with E-state index in [1.165, 1.54) is 18.2 Å². The second kappa shape index (κ2) is 7.93. The molecule has 0 saturated heterocycles. The monoisotopic (exact) mass is 316 g/mol. The predicted octanol–water partition coefficient (Wildman–Crippen LogP) is 2.59. The van der Waals surface area contributed by atoms with E-state index in [0.29, 0.717) is 18.0 Å². The van der Waals surface area contributed by atoms with Crippen LogP contribution in [0, 0.1) is 5.82 Å². The van der Waals surface area contributed by atoms with Crippen molar-refractivity contribution in [1.29, 1.82) is 0 Å². The van der Waals surface area contributed by atoms with Crippen LogP contribution in [0.5, 0.6) is 5.75 Å². The van der Waals surface area contributed by atoms with Crippen molar-refractivity contribution in [3.63, 3.8) is 0 Å². The quantitative estimate of drug-likeness (QED) is 0.861. The summed E-state index contributed by atoms with van der Waals surface area (Å²) >= 11 is 0. The highest BCUT2D eigenvalue weighted by Crippen LogP contribution is 2.23. The van der Waals surface area contributed by atoms with E-state index in [9.17, 15) is 14.0 Å². The molecule has 0 aliphatic heterocycles. The fraction of sp³-hybridized carbons (Fsp3) is 0.176. The molecule has 0 atom stereocenters. The first-order valence-electron chi connectivity index (χ1n) is 7.15. The van der Waals surface area contributed by atoms with E-state index in [1.54, 1.807) is 24.3 Å². The number of hydrogen-bond acceptors (Lipinski definition) is 3. The topological polar surface area (TPSA) is 67.4 Å². The third-order valence-electron chi connectivity index (χ3n) is 2.96. The van der Waals surface area contributed by atoms with Crippen LogP contribution < -0.4 is 15.4 Å². The number of benzene rings is 2. The molecule has 2 aromatic carbocycles. The number of para-hydroxylation sites is 2. The number of halogens is 1. The zero-order valence-electron chi connectivity index (χ0n) is 12.6. The number of amides is 2. The Morgan fingerprint density at radius 2 is 1.91 bits per heavy atom. The molecular weight excluding hydrogens is 299 g/mol. The van der Waals surface area contributed by atoms with Gasteiger partial charge < -0.3 is 15.4 Å². The molecular formula is C17H17FN2O3. The third-order valence-corrected chi connectivity index (χ3v) is 2.96. The fourth-order valence-electron chi connectivity index (χ4n) is 1.94. The zero-order valence-corrected chi connectivity index (χ0v) is 12.6. The Kier molecular flexibility index (Phi) is 5.68. The van der Waals surface area contributed by atoms with Crippen molar-refractivity contribution in [2.45, 2.75) is 6.92 Å². The largest absolute Gasteiger partial charge is 0.492 e. The van der Waals surface area contributed by atoms with Crippen LogP contribution in [0.15, 0.2) is 48.5 Å². The van der Waals surface area contributed by atoms with Crippen LogP contribution >= 0.6 is 0 Å². The van der Waals surface area contributed by atoms with Crippen molar-refractivity contribution in [1.82, 2.24) is 5.32 Å². The van der Waals surface area contributed by atoms with Crippen LogP contribution in [0.4, 0.5) is 10.1 Å². The van der Waals surface area contributed by atoms with Gasteiger partial charge in [0.15, 0.2) is 0 Å². The van der Waals surface area contributed by atoms with Crippen molar-refractivity contribution in [2.24, 2.45) is 0 Å². The maximum Gasteiger partial charge on any atom is 0.251 e. The lowest BCUT2D eigenvalue weighted by Gasteiger charge is -2.11. The normalized spacial score (nSPS) is 10.0. The van der Waals surface area contributed by atoms with Crippen LogP contribution in [-0.4, -0.2) is 25.0 Å². The molecule has 2 aromatic rings. The van der Waals surface area contributed by atoms with E-state index < -0.39 is 17.6 Å². The molecule has 23 heavy (non-hydrogen) atoms. The highest BCUT2D eigenvalue weighted by Gasteiger charge is 2.10. The van der Waals surface area contributed by atoms with Gasteiger partial charge in [0.1, 0.15) is 11.6 Å². The van der Waals surface area contributed by atoms with Crippen LogP contribution in [0.2, 0.25) is 0 Å². The maximum atomic E-state index is 13.1. The molecule has 0 fully saturated rings. The number of anilines is 1. The molecule has 2 amide bonds. The molecule has 5 nitrogen and oxygen atoms in total. The molecule has 120 valence electrons. The number of hydrogen-bond donors (Lipinski definition) is 2. The second-order valence-corrected chi connectivity index (χ2v) is 4.67. The molecule has 0 saturated carbocycles. The van der Waals surface area contributed by atoms with Gasteiger partial charge in [-0.15, -0.1) is 0 Å². The molecule has 0 aliphatic rings. The minimum atomic E-state index is -0.516. The summed E-state index contributed by atoms with van der Waals surface area (Å²) < 4.78 is 18.5. The Bertz CT molecular complexity index is 704. The molecule has 0 radical (unpaired) electrons. The van der Waals surface area contributed by atoms with Gasteiger partial charge in [0.05, 0.1) is 18.8 Å². The minimum Gasteiger partial charge on any atom is -0.492 e. The summed E-state index contributed by atoms with van der Waals surface area (Å²) in [5.74, 6) is -0.868. The van der Waals surface area contributed by atoms with Gasteiger partial charge in [0.25, 0.3) is 5.91 Å². The summed E-state index contributed by atoms with van der Waals surface area (Å²) in [5.41, 5.74) is 0.687. The van der Waals surface area contributed by atoms with Gasteiger partial charge >= 0.3 is 0 Å². The molecule has 0 bridgehead atoms. The average molecular weight is 316 g/mol. The Balaban J connectivity index is 1.92. The van der Waals surface area contributed by atoms with Crippen molar-refractivity contribution in [3.05, 3.63) is 59.9 Å². The lowest BCUT2D eigenvalue weighted by atomic mass is 10.2. The fourth-order valence-corrected chi connectivity index (χ4v) is 1.94. The smallest absolute Gasteiger partial charge is 0.251 e. The average Bonchev–Trinajstić information content (AvgIpc) is 2.54. The van der Waals surface area contributed by atoms with Crippen LogP contribution in [0.3, 0.4) is 0 Å². The molecule has 0 unspecified atom stereocenters. The minimum absolute atomic E-state index is 0.160. The predicted molar refractivity (Wildman–Crippen MR) is 85.0 cm³/mol. The van der Waals surface area contributed by atoms with Crippen LogP contribution in [0.1, 0.15) is 17.3 Å². The van der Waals surface area contributed by atoms with Gasteiger partial charge in [-0.05, 0) is 37.3 Å². The van der Waals surface area contributed by atoms with Gasteiger partial charge in [-0.25, -0.2) is 4.39 Å². The standard InChI is InChI=1S/C17H17FN2O3/c1-2-23-15-9-4-3-8-14(15)20-16(21)11-19-17(22)12-6-5-7-13(18)10-12/h3-10H,2,11H2,1H3,(H,19,22)(H,20,21). The highest BCUT2D eigenvalue weighted by molar-refractivity contribution is 5.99. The van der Waals surface area contributed by atoms with Gasteiger partial charge in [0, 0.05) is 5.56 Å². The summed E-state index contributed by atoms with van der Waals surface area (Å²) in [5, 5.41) is 5.10. The first kappa shape index (κ1) is 16.5. The maximum absolute atomic E-state index is 13.1. The van der Waals surface area contributed by atoms with Gasteiger partial charge in [0.2, 0.25) is 5.91 Å². The van der Waals surface area contributed by atoms with E-state index in [2.05, 4.69) is 10.6 Å². The van der Waals surface area contributed by atoms with E-state index in [-0.39, 0.29) is 12.1 Å². The summed E-state index contributed by atoms with van der Waals surface area (Å²) in [6, 6.07) is 12.3. The van der Waals surface area contributed by atoms with E-state index in [0.717, 1.165) is 6.07 Å². The molecule has 2 N–H and O–H groups in total. The summed E-state index contributed by atoms with van der Waals surface area (Å²) in [4.78, 5) is 23.8. The Hall–Kier alpha value is -2.89. The Morgan fingerprint density at radius 3 is 2.65 bits per heavy atom. The van der Waals surface area contributed by atoms with Crippen LogP contribution in [0.25, 0.3) is 0 Å². The molecule has 0 aliphatic carbocycles. The van der Waals surface area contributed by atoms with E-state index in [4.69, 9.17) is 4.74 Å². The lowest BCUT2D eigenvalue weighted by molar-refractivity contribution is -0.115. The second-order valence-electron chi connectivity index (χ2n) is 4.67. The SMILES string of the molecule is CCOc1ccccc1NC(=O)CNC(=O)c1cccc(F)c1.